The average Bonchev–Trinajstić information content (AvgIpc) is 3.41. The first-order chi connectivity index (χ1) is 26.0. The largest absolute Gasteiger partial charge is 0.309 e. The average molecular weight is 702 g/mol. The van der Waals surface area contributed by atoms with E-state index in [0.717, 1.165) is 13.0 Å². The summed E-state index contributed by atoms with van der Waals surface area (Å²) in [5.74, 6) is 0.306. The van der Waals surface area contributed by atoms with E-state index in [2.05, 4.69) is 180 Å². The van der Waals surface area contributed by atoms with E-state index in [-0.39, 0.29) is 10.8 Å². The quantitative estimate of drug-likeness (QED) is 0.163. The van der Waals surface area contributed by atoms with E-state index in [1.807, 2.05) is 11.3 Å². The first-order valence-electron chi connectivity index (χ1n) is 19.1. The molecule has 0 bridgehead atoms. The van der Waals surface area contributed by atoms with Crippen molar-refractivity contribution in [1.29, 1.82) is 0 Å². The second-order valence-corrected chi connectivity index (χ2v) is 17.0. The molecule has 4 atom stereocenters. The Kier molecular flexibility index (Phi) is 5.82. The fourth-order valence-electron chi connectivity index (χ4n) is 11.4. The van der Waals surface area contributed by atoms with Crippen LogP contribution >= 0.6 is 11.3 Å². The van der Waals surface area contributed by atoms with Crippen molar-refractivity contribution in [3.05, 3.63) is 163 Å². The lowest BCUT2D eigenvalue weighted by Gasteiger charge is -2.35. The fourth-order valence-corrected chi connectivity index (χ4v) is 12.5. The third-order valence-electron chi connectivity index (χ3n) is 13.7. The van der Waals surface area contributed by atoms with Crippen molar-refractivity contribution in [2.24, 2.45) is 5.41 Å². The molecule has 0 radical (unpaired) electrons. The van der Waals surface area contributed by atoms with Gasteiger partial charge >= 0.3 is 0 Å². The van der Waals surface area contributed by atoms with Crippen LogP contribution in [0.2, 0.25) is 0 Å². The Bertz CT molecular complexity index is 3040. The monoisotopic (exact) mass is 701 g/mol. The van der Waals surface area contributed by atoms with Gasteiger partial charge in [0.15, 0.2) is 25.0 Å². The normalized spacial score (nSPS) is 22.4. The Balaban J connectivity index is 1.12. The molecule has 0 N–H and O–H groups in total. The van der Waals surface area contributed by atoms with Crippen LogP contribution < -0.4 is 9.13 Å². The molecule has 3 nitrogen and oxygen atoms in total. The molecular weight excluding hydrogens is 663 g/mol. The van der Waals surface area contributed by atoms with Gasteiger partial charge in [-0.15, -0.1) is 11.3 Å². The van der Waals surface area contributed by atoms with E-state index in [1.165, 1.54) is 86.9 Å². The summed E-state index contributed by atoms with van der Waals surface area (Å²) in [6.45, 7) is 8.24. The smallest absolute Gasteiger partial charge is 0.215 e. The molecule has 1 saturated carbocycles. The summed E-state index contributed by atoms with van der Waals surface area (Å²) in [6.07, 6.45) is 5.80. The highest BCUT2D eigenvalue weighted by atomic mass is 32.1. The van der Waals surface area contributed by atoms with Crippen LogP contribution in [0.15, 0.2) is 146 Å². The van der Waals surface area contributed by atoms with Gasteiger partial charge in [0, 0.05) is 65.8 Å². The maximum Gasteiger partial charge on any atom is 0.215 e. The van der Waals surface area contributed by atoms with Crippen LogP contribution in [0.25, 0.3) is 70.2 Å². The number of benzene rings is 5. The summed E-state index contributed by atoms with van der Waals surface area (Å²) in [5.41, 5.74) is 13.6. The lowest BCUT2D eigenvalue weighted by Crippen LogP contribution is -2.49. The molecule has 4 unspecified atom stereocenters. The van der Waals surface area contributed by atoms with Gasteiger partial charge in [-0.05, 0) is 79.1 Å². The second-order valence-electron chi connectivity index (χ2n) is 15.9. The van der Waals surface area contributed by atoms with E-state index in [1.54, 1.807) is 0 Å². The molecule has 4 aromatic heterocycles. The summed E-state index contributed by atoms with van der Waals surface area (Å²) in [4.78, 5) is 0. The van der Waals surface area contributed by atoms with Crippen LogP contribution in [0.4, 0.5) is 0 Å². The number of rotatable bonds is 3. The van der Waals surface area contributed by atoms with Gasteiger partial charge in [-0.1, -0.05) is 74.5 Å². The molecule has 5 aromatic carbocycles. The SMILES string of the molecule is CCC1(C)C2[n+]3cccc(C)c3-c3ccccc3C21C1C[n+]2ccccc2-c2cc(-n3c4ccccc4c4cc5c(cc43)sc3ccccc35)ccc21. The Labute approximate surface area is 313 Å². The van der Waals surface area contributed by atoms with E-state index >= 15 is 0 Å². The molecule has 9 aromatic rings. The molecule has 0 saturated heterocycles. The molecule has 53 heavy (non-hydrogen) atoms. The van der Waals surface area contributed by atoms with Crippen molar-refractivity contribution < 1.29 is 9.13 Å². The third-order valence-corrected chi connectivity index (χ3v) is 14.9. The Morgan fingerprint density at radius 1 is 0.698 bits per heavy atom. The highest BCUT2D eigenvalue weighted by Gasteiger charge is 2.85. The number of fused-ring (bicyclic) bond motifs is 15. The number of para-hydroxylation sites is 1. The van der Waals surface area contributed by atoms with Crippen LogP contribution in [0, 0.1) is 12.3 Å². The van der Waals surface area contributed by atoms with Gasteiger partial charge in [-0.2, -0.15) is 9.13 Å². The zero-order valence-corrected chi connectivity index (χ0v) is 31.0. The maximum atomic E-state index is 2.66. The number of hydrogen-bond acceptors (Lipinski definition) is 1. The van der Waals surface area contributed by atoms with Crippen molar-refractivity contribution in [2.75, 3.05) is 0 Å². The van der Waals surface area contributed by atoms with Crippen LogP contribution in [0.3, 0.4) is 0 Å². The molecule has 0 amide bonds. The molecule has 0 spiro atoms. The lowest BCUT2D eigenvalue weighted by molar-refractivity contribution is -0.707. The van der Waals surface area contributed by atoms with Crippen molar-refractivity contribution in [1.82, 2.24) is 4.57 Å². The van der Waals surface area contributed by atoms with Gasteiger partial charge in [0.05, 0.1) is 33.5 Å². The molecule has 254 valence electrons. The minimum absolute atomic E-state index is 0.0414. The Hall–Kier alpha value is -5.58. The van der Waals surface area contributed by atoms with Crippen LogP contribution in [-0.4, -0.2) is 4.57 Å². The van der Waals surface area contributed by atoms with Crippen LogP contribution in [-0.2, 0) is 12.0 Å². The minimum atomic E-state index is -0.0414. The van der Waals surface area contributed by atoms with Gasteiger partial charge in [0.25, 0.3) is 0 Å². The Morgan fingerprint density at radius 2 is 1.51 bits per heavy atom. The number of aryl methyl sites for hydroxylation is 1. The van der Waals surface area contributed by atoms with Gasteiger partial charge < -0.3 is 4.57 Å². The lowest BCUT2D eigenvalue weighted by atomic mass is 9.68. The second kappa shape index (κ2) is 10.3. The zero-order chi connectivity index (χ0) is 35.2. The number of pyridine rings is 2. The number of hydrogen-bond donors (Lipinski definition) is 0. The van der Waals surface area contributed by atoms with E-state index < -0.39 is 0 Å². The summed E-state index contributed by atoms with van der Waals surface area (Å²) in [5, 5.41) is 5.30. The molecule has 3 aliphatic rings. The van der Waals surface area contributed by atoms with Gasteiger partial charge in [-0.25, -0.2) is 0 Å². The molecule has 1 aliphatic carbocycles. The molecule has 1 fully saturated rings. The molecule has 2 aliphatic heterocycles. The van der Waals surface area contributed by atoms with Gasteiger partial charge in [0.1, 0.15) is 0 Å². The van der Waals surface area contributed by atoms with Crippen molar-refractivity contribution in [3.63, 3.8) is 0 Å². The van der Waals surface area contributed by atoms with Crippen LogP contribution in [0.1, 0.15) is 48.9 Å². The highest BCUT2D eigenvalue weighted by molar-refractivity contribution is 7.25. The van der Waals surface area contributed by atoms with E-state index in [0.29, 0.717) is 12.0 Å². The predicted octanol–water partition coefficient (Wildman–Crippen LogP) is 11.4. The summed E-state index contributed by atoms with van der Waals surface area (Å²) >= 11 is 1.90. The molecular formula is C49H39N3S+2. The molecule has 6 heterocycles. The molecule has 12 rings (SSSR count). The number of thiophene rings is 1. The van der Waals surface area contributed by atoms with Gasteiger partial charge in [-0.3, -0.25) is 0 Å². The summed E-state index contributed by atoms with van der Waals surface area (Å²) in [7, 11) is 0. The Morgan fingerprint density at radius 3 is 2.42 bits per heavy atom. The first kappa shape index (κ1) is 29.9. The highest BCUT2D eigenvalue weighted by Crippen LogP contribution is 2.80. The number of nitrogens with zero attached hydrogens (tertiary/aromatic N) is 3. The summed E-state index contributed by atoms with van der Waals surface area (Å²) in [6, 6.07) is 51.1. The van der Waals surface area contributed by atoms with Crippen molar-refractivity contribution in [3.8, 4) is 28.2 Å². The summed E-state index contributed by atoms with van der Waals surface area (Å²) < 4.78 is 10.4. The predicted molar refractivity (Wildman–Crippen MR) is 218 cm³/mol. The van der Waals surface area contributed by atoms with Gasteiger partial charge in [0.2, 0.25) is 11.4 Å². The van der Waals surface area contributed by atoms with Crippen LogP contribution in [0.5, 0.6) is 0 Å². The van der Waals surface area contributed by atoms with E-state index in [4.69, 9.17) is 0 Å². The standard InChI is InChI=1S/C49H39N3S/c1-4-48(3)47-49(48,39-18-8-5-17-35(39)46-30(2)14-13-25-51(46)47)40-29-50-24-12-11-19-41(50)36-26-31(22-23-32(36)40)52-42-20-9-6-15-33(42)37-27-38-34-16-7-10-21-44(34)53-45(38)28-43(37)52/h5-28,40,47H,4,29H2,1-3H3/q+2. The fraction of sp³-hybridized carbons (Fsp3) is 0.184. The van der Waals surface area contributed by atoms with E-state index in [9.17, 15) is 0 Å². The minimum Gasteiger partial charge on any atom is -0.309 e. The van der Waals surface area contributed by atoms with Crippen molar-refractivity contribution in [2.45, 2.75) is 51.1 Å². The molecule has 4 heteroatoms. The third kappa shape index (κ3) is 3.60. The van der Waals surface area contributed by atoms with Crippen molar-refractivity contribution >= 4 is 53.3 Å². The maximum absolute atomic E-state index is 2.66. The number of aromatic nitrogens is 3. The topological polar surface area (TPSA) is 12.7 Å². The first-order valence-corrected chi connectivity index (χ1v) is 19.9. The zero-order valence-electron chi connectivity index (χ0n) is 30.2.